The van der Waals surface area contributed by atoms with Crippen LogP contribution in [0.25, 0.3) is 0 Å². The molecule has 0 fully saturated rings. The van der Waals surface area contributed by atoms with Crippen molar-refractivity contribution in [3.63, 3.8) is 0 Å². The molecule has 0 radical (unpaired) electrons. The molecule has 3 amide bonds. The van der Waals surface area contributed by atoms with Crippen molar-refractivity contribution in [3.8, 4) is 11.5 Å². The molecule has 0 heterocycles. The predicted octanol–water partition coefficient (Wildman–Crippen LogP) is 4.28. The number of benzene rings is 2. The van der Waals surface area contributed by atoms with Crippen LogP contribution in [0.15, 0.2) is 53.5 Å². The summed E-state index contributed by atoms with van der Waals surface area (Å²) in [5, 5.41) is 7.96. The van der Waals surface area contributed by atoms with E-state index >= 15 is 0 Å². The average Bonchev–Trinajstić information content (AvgIpc) is 2.69. The molecule has 31 heavy (non-hydrogen) atoms. The van der Waals surface area contributed by atoms with E-state index in [-0.39, 0.29) is 24.4 Å². The summed E-state index contributed by atoms with van der Waals surface area (Å²) < 4.78 is 10.8. The number of nitrogens with one attached hydrogen (secondary N) is 3. The number of amides is 3. The summed E-state index contributed by atoms with van der Waals surface area (Å²) >= 11 is 0. The van der Waals surface area contributed by atoms with Crippen LogP contribution in [0.4, 0.5) is 16.2 Å². The maximum Gasteiger partial charge on any atom is 0.414 e. The quantitative estimate of drug-likeness (QED) is 0.469. The SMILES string of the molecule is CCC(=O)N=C(NC(=O)OC(C)C)Nc1ccc(Oc2ccccc2)cc1NC(C)=O. The summed E-state index contributed by atoms with van der Waals surface area (Å²) in [6.45, 7) is 6.40. The van der Waals surface area contributed by atoms with Crippen molar-refractivity contribution < 1.29 is 23.9 Å². The molecule has 0 bridgehead atoms. The standard InChI is InChI=1S/C22H26N4O5/c1-5-20(28)25-21(26-22(29)30-14(2)3)24-18-12-11-17(13-19(18)23-15(4)27)31-16-9-7-6-8-10-16/h6-14H,5H2,1-4H3,(H,23,27)(H2,24,25,26,28,29). The molecule has 0 atom stereocenters. The first-order chi connectivity index (χ1) is 14.8. The second kappa shape index (κ2) is 11.3. The molecule has 0 aliphatic rings. The Morgan fingerprint density at radius 1 is 0.968 bits per heavy atom. The number of rotatable bonds is 6. The Balaban J connectivity index is 2.31. The highest BCUT2D eigenvalue weighted by atomic mass is 16.6. The monoisotopic (exact) mass is 426 g/mol. The third-order valence-corrected chi connectivity index (χ3v) is 3.64. The fourth-order valence-corrected chi connectivity index (χ4v) is 2.37. The van der Waals surface area contributed by atoms with Gasteiger partial charge in [0.2, 0.25) is 17.8 Å². The summed E-state index contributed by atoms with van der Waals surface area (Å²) in [4.78, 5) is 39.4. The first-order valence-electron chi connectivity index (χ1n) is 9.77. The zero-order valence-electron chi connectivity index (χ0n) is 17.9. The van der Waals surface area contributed by atoms with Crippen LogP contribution in [0.3, 0.4) is 0 Å². The van der Waals surface area contributed by atoms with Crippen LogP contribution in [0, 0.1) is 0 Å². The Morgan fingerprint density at radius 3 is 2.29 bits per heavy atom. The minimum atomic E-state index is -0.768. The third kappa shape index (κ3) is 8.17. The largest absolute Gasteiger partial charge is 0.457 e. The molecule has 2 rings (SSSR count). The summed E-state index contributed by atoms with van der Waals surface area (Å²) in [5.41, 5.74) is 0.764. The van der Waals surface area contributed by atoms with E-state index in [1.807, 2.05) is 18.2 Å². The van der Waals surface area contributed by atoms with Crippen molar-refractivity contribution in [1.82, 2.24) is 5.32 Å². The molecule has 0 spiro atoms. The van der Waals surface area contributed by atoms with Crippen LogP contribution in [-0.4, -0.2) is 30.0 Å². The summed E-state index contributed by atoms with van der Waals surface area (Å²) in [7, 11) is 0. The van der Waals surface area contributed by atoms with Crippen molar-refractivity contribution >= 4 is 35.2 Å². The number of aliphatic imine (C=N–C) groups is 1. The van der Waals surface area contributed by atoms with Crippen molar-refractivity contribution in [1.29, 1.82) is 0 Å². The summed E-state index contributed by atoms with van der Waals surface area (Å²) in [6, 6.07) is 14.1. The number of ether oxygens (including phenoxy) is 2. The molecule has 9 nitrogen and oxygen atoms in total. The van der Waals surface area contributed by atoms with Crippen molar-refractivity contribution in [3.05, 3.63) is 48.5 Å². The smallest absolute Gasteiger partial charge is 0.414 e. The molecule has 0 aromatic heterocycles. The van der Waals surface area contributed by atoms with Crippen LogP contribution >= 0.6 is 0 Å². The number of guanidine groups is 1. The maximum absolute atomic E-state index is 12.0. The first kappa shape index (κ1) is 23.4. The van der Waals surface area contributed by atoms with Gasteiger partial charge in [-0.25, -0.2) is 4.79 Å². The van der Waals surface area contributed by atoms with Gasteiger partial charge in [0.1, 0.15) is 11.5 Å². The van der Waals surface area contributed by atoms with Gasteiger partial charge < -0.3 is 20.1 Å². The Bertz CT molecular complexity index is 958. The fraction of sp³-hybridized carbons (Fsp3) is 0.273. The number of hydrogen-bond acceptors (Lipinski definition) is 5. The number of anilines is 2. The van der Waals surface area contributed by atoms with Gasteiger partial charge in [-0.3, -0.25) is 14.9 Å². The number of carbonyl (C=O) groups is 3. The summed E-state index contributed by atoms with van der Waals surface area (Å²) in [5.74, 6) is 0.232. The topological polar surface area (TPSA) is 118 Å². The van der Waals surface area contributed by atoms with E-state index in [0.717, 1.165) is 0 Å². The van der Waals surface area contributed by atoms with E-state index in [4.69, 9.17) is 9.47 Å². The lowest BCUT2D eigenvalue weighted by Gasteiger charge is -2.17. The molecular formula is C22H26N4O5. The fourth-order valence-electron chi connectivity index (χ4n) is 2.37. The first-order valence-corrected chi connectivity index (χ1v) is 9.77. The second-order valence-corrected chi connectivity index (χ2v) is 6.72. The van der Waals surface area contributed by atoms with E-state index in [1.165, 1.54) is 6.92 Å². The van der Waals surface area contributed by atoms with Gasteiger partial charge in [-0.05, 0) is 38.1 Å². The van der Waals surface area contributed by atoms with Crippen LogP contribution < -0.4 is 20.7 Å². The minimum absolute atomic E-state index is 0.124. The molecule has 164 valence electrons. The number of hydrogen-bond donors (Lipinski definition) is 3. The van der Waals surface area contributed by atoms with Crippen LogP contribution in [0.1, 0.15) is 34.1 Å². The van der Waals surface area contributed by atoms with Crippen LogP contribution in [-0.2, 0) is 14.3 Å². The van der Waals surface area contributed by atoms with Crippen LogP contribution in [0.5, 0.6) is 11.5 Å². The van der Waals surface area contributed by atoms with E-state index in [2.05, 4.69) is 20.9 Å². The molecule has 2 aromatic rings. The maximum atomic E-state index is 12.0. The van der Waals surface area contributed by atoms with Gasteiger partial charge >= 0.3 is 6.09 Å². The minimum Gasteiger partial charge on any atom is -0.457 e. The van der Waals surface area contributed by atoms with Gasteiger partial charge in [-0.2, -0.15) is 4.99 Å². The molecule has 3 N–H and O–H groups in total. The van der Waals surface area contributed by atoms with E-state index < -0.39 is 12.0 Å². The highest BCUT2D eigenvalue weighted by Crippen LogP contribution is 2.30. The Kier molecular flexibility index (Phi) is 8.56. The van der Waals surface area contributed by atoms with Crippen molar-refractivity contribution in [2.75, 3.05) is 10.6 Å². The summed E-state index contributed by atoms with van der Waals surface area (Å²) in [6.07, 6.45) is -0.975. The lowest BCUT2D eigenvalue weighted by molar-refractivity contribution is -0.117. The molecule has 2 aromatic carbocycles. The van der Waals surface area contributed by atoms with Gasteiger partial charge in [0.15, 0.2) is 0 Å². The number of carbonyl (C=O) groups excluding carboxylic acids is 3. The Labute approximate surface area is 180 Å². The van der Waals surface area contributed by atoms with Gasteiger partial charge in [-0.15, -0.1) is 0 Å². The average molecular weight is 426 g/mol. The van der Waals surface area contributed by atoms with Gasteiger partial charge in [0.25, 0.3) is 0 Å². The highest BCUT2D eigenvalue weighted by molar-refractivity contribution is 6.09. The third-order valence-electron chi connectivity index (χ3n) is 3.64. The lowest BCUT2D eigenvalue weighted by atomic mass is 10.2. The molecule has 0 aliphatic heterocycles. The molecule has 9 heteroatoms. The number of alkyl carbamates (subject to hydrolysis) is 1. The number of nitrogens with zero attached hydrogens (tertiary/aromatic N) is 1. The van der Waals surface area contributed by atoms with Crippen LogP contribution in [0.2, 0.25) is 0 Å². The van der Waals surface area contributed by atoms with Crippen molar-refractivity contribution in [2.24, 2.45) is 4.99 Å². The van der Waals surface area contributed by atoms with Gasteiger partial charge in [0, 0.05) is 19.4 Å². The van der Waals surface area contributed by atoms with Gasteiger partial charge in [-0.1, -0.05) is 25.1 Å². The number of para-hydroxylation sites is 1. The van der Waals surface area contributed by atoms with E-state index in [0.29, 0.717) is 22.9 Å². The molecule has 0 unspecified atom stereocenters. The predicted molar refractivity (Wildman–Crippen MR) is 118 cm³/mol. The highest BCUT2D eigenvalue weighted by Gasteiger charge is 2.14. The van der Waals surface area contributed by atoms with Crippen molar-refractivity contribution in [2.45, 2.75) is 40.2 Å². The lowest BCUT2D eigenvalue weighted by Crippen LogP contribution is -2.38. The van der Waals surface area contributed by atoms with E-state index in [1.54, 1.807) is 51.1 Å². The molecular weight excluding hydrogens is 400 g/mol. The molecule has 0 saturated heterocycles. The zero-order valence-corrected chi connectivity index (χ0v) is 17.9. The second-order valence-electron chi connectivity index (χ2n) is 6.72. The van der Waals surface area contributed by atoms with Gasteiger partial charge in [0.05, 0.1) is 17.5 Å². The Morgan fingerprint density at radius 2 is 1.68 bits per heavy atom. The Hall–Kier alpha value is -3.88. The molecule has 0 aliphatic carbocycles. The van der Waals surface area contributed by atoms with E-state index in [9.17, 15) is 14.4 Å². The zero-order chi connectivity index (χ0) is 22.8. The normalized spacial score (nSPS) is 10.9. The molecule has 0 saturated carbocycles.